The van der Waals surface area contributed by atoms with Crippen molar-refractivity contribution in [1.29, 1.82) is 0 Å². The van der Waals surface area contributed by atoms with Crippen LogP contribution < -0.4 is 10.3 Å². The normalized spacial score (nSPS) is 21.2. The Morgan fingerprint density at radius 3 is 2.69 bits per heavy atom. The number of methoxy groups -OCH3 is 1. The molecule has 5 heteroatoms. The van der Waals surface area contributed by atoms with Crippen molar-refractivity contribution in [3.8, 4) is 5.75 Å². The van der Waals surface area contributed by atoms with E-state index in [1.807, 2.05) is 31.2 Å². The first-order chi connectivity index (χ1) is 7.70. The van der Waals surface area contributed by atoms with E-state index >= 15 is 0 Å². The lowest BCUT2D eigenvalue weighted by atomic mass is 9.98. The summed E-state index contributed by atoms with van der Waals surface area (Å²) in [6.45, 7) is 2.39. The highest BCUT2D eigenvalue weighted by Gasteiger charge is 2.17. The molecule has 0 bridgehead atoms. The molecule has 5 nitrogen and oxygen atoms in total. The van der Waals surface area contributed by atoms with Gasteiger partial charge in [0.1, 0.15) is 5.75 Å². The smallest absolute Gasteiger partial charge is 0.118 e. The molecule has 1 N–H and O–H groups in total. The topological polar surface area (TPSA) is 59.9 Å². The molecular formula is C11H14N3O2-. The van der Waals surface area contributed by atoms with E-state index in [1.165, 1.54) is 0 Å². The number of nitrogens with one attached hydrogen (secondary N) is 1. The third-order valence-electron chi connectivity index (χ3n) is 2.57. The van der Waals surface area contributed by atoms with Crippen LogP contribution in [0.5, 0.6) is 5.75 Å². The number of nitrogens with zero attached hydrogens (tertiary/aromatic N) is 2. The summed E-state index contributed by atoms with van der Waals surface area (Å²) in [6.07, 6.45) is 0. The van der Waals surface area contributed by atoms with E-state index in [1.54, 1.807) is 7.11 Å². The zero-order chi connectivity index (χ0) is 11.5. The molecule has 0 radical (unpaired) electrons. The lowest BCUT2D eigenvalue weighted by molar-refractivity contribution is 0.245. The molecule has 16 heavy (non-hydrogen) atoms. The number of hydroxylamine groups is 1. The summed E-state index contributed by atoms with van der Waals surface area (Å²) in [5.41, 5.74) is 4.33. The summed E-state index contributed by atoms with van der Waals surface area (Å²) in [7, 11) is 1.63. The Hall–Kier alpha value is -1.59. The molecule has 1 aromatic carbocycles. The molecule has 1 unspecified atom stereocenters. The Balaban J connectivity index is 2.23. The maximum Gasteiger partial charge on any atom is 0.118 e. The van der Waals surface area contributed by atoms with Gasteiger partial charge in [0.15, 0.2) is 0 Å². The van der Waals surface area contributed by atoms with E-state index in [4.69, 9.17) is 4.74 Å². The molecule has 1 aromatic rings. The van der Waals surface area contributed by atoms with E-state index in [0.717, 1.165) is 22.2 Å². The van der Waals surface area contributed by atoms with Crippen molar-refractivity contribution in [3.63, 3.8) is 0 Å². The van der Waals surface area contributed by atoms with Crippen molar-refractivity contribution in [3.05, 3.63) is 35.0 Å². The van der Waals surface area contributed by atoms with Gasteiger partial charge in [0.25, 0.3) is 0 Å². The summed E-state index contributed by atoms with van der Waals surface area (Å²) in [4.78, 5) is 0. The second-order valence-corrected chi connectivity index (χ2v) is 3.79. The standard InChI is InChI=1S/C11H14N3O2/c1-8-7-14(15)13-12-11(8)9-3-5-10(16-2)6-4-9/h3-6,8,13H,7H2,1-2H3/q-1. The van der Waals surface area contributed by atoms with Crippen LogP contribution in [0, 0.1) is 11.1 Å². The molecular weight excluding hydrogens is 206 g/mol. The zero-order valence-corrected chi connectivity index (χ0v) is 9.30. The van der Waals surface area contributed by atoms with E-state index < -0.39 is 0 Å². The molecule has 0 spiro atoms. The maximum absolute atomic E-state index is 11.0. The van der Waals surface area contributed by atoms with Gasteiger partial charge in [-0.2, -0.15) is 5.10 Å². The lowest BCUT2D eigenvalue weighted by Gasteiger charge is -2.34. The van der Waals surface area contributed by atoms with E-state index in [0.29, 0.717) is 6.54 Å². The van der Waals surface area contributed by atoms with Crippen LogP contribution in [0.3, 0.4) is 0 Å². The first-order valence-corrected chi connectivity index (χ1v) is 5.13. The maximum atomic E-state index is 11.0. The quantitative estimate of drug-likeness (QED) is 0.817. The molecule has 1 heterocycles. The number of benzene rings is 1. The number of hydrazone groups is 1. The van der Waals surface area contributed by atoms with Crippen molar-refractivity contribution in [1.82, 2.24) is 10.7 Å². The predicted octanol–water partition coefficient (Wildman–Crippen LogP) is 1.35. The van der Waals surface area contributed by atoms with Gasteiger partial charge in [-0.15, -0.1) is 0 Å². The molecule has 1 atom stereocenters. The van der Waals surface area contributed by atoms with Gasteiger partial charge in [-0.3, -0.25) is 10.7 Å². The summed E-state index contributed by atoms with van der Waals surface area (Å²) >= 11 is 0. The van der Waals surface area contributed by atoms with Crippen LogP contribution in [-0.4, -0.2) is 24.5 Å². The number of hydrazine groups is 1. The molecule has 0 aliphatic carbocycles. The fourth-order valence-electron chi connectivity index (χ4n) is 1.71. The largest absolute Gasteiger partial charge is 0.766 e. The molecule has 0 amide bonds. The van der Waals surface area contributed by atoms with Gasteiger partial charge in [-0.05, 0) is 29.8 Å². The van der Waals surface area contributed by atoms with Gasteiger partial charge in [0, 0.05) is 12.5 Å². The van der Waals surface area contributed by atoms with Crippen LogP contribution in [0.2, 0.25) is 0 Å². The van der Waals surface area contributed by atoms with Gasteiger partial charge in [0.2, 0.25) is 0 Å². The highest BCUT2D eigenvalue weighted by atomic mass is 16.5. The molecule has 0 aromatic heterocycles. The average molecular weight is 220 g/mol. The van der Waals surface area contributed by atoms with Crippen molar-refractivity contribution in [2.75, 3.05) is 13.7 Å². The summed E-state index contributed by atoms with van der Waals surface area (Å²) in [6, 6.07) is 7.65. The lowest BCUT2D eigenvalue weighted by Crippen LogP contribution is -2.41. The second-order valence-electron chi connectivity index (χ2n) is 3.79. The molecule has 1 aliphatic rings. The van der Waals surface area contributed by atoms with Crippen molar-refractivity contribution in [2.45, 2.75) is 6.92 Å². The van der Waals surface area contributed by atoms with Gasteiger partial charge >= 0.3 is 0 Å². The summed E-state index contributed by atoms with van der Waals surface area (Å²) < 4.78 is 5.09. The molecule has 0 saturated heterocycles. The monoisotopic (exact) mass is 220 g/mol. The molecule has 2 rings (SSSR count). The van der Waals surface area contributed by atoms with Crippen LogP contribution in [0.1, 0.15) is 12.5 Å². The summed E-state index contributed by atoms with van der Waals surface area (Å²) in [5, 5.41) is 15.8. The van der Waals surface area contributed by atoms with E-state index in [9.17, 15) is 5.21 Å². The van der Waals surface area contributed by atoms with Crippen LogP contribution in [0.25, 0.3) is 0 Å². The zero-order valence-electron chi connectivity index (χ0n) is 9.30. The fourth-order valence-corrected chi connectivity index (χ4v) is 1.71. The van der Waals surface area contributed by atoms with E-state index in [-0.39, 0.29) is 5.92 Å². The fraction of sp³-hybridized carbons (Fsp3) is 0.364. The SMILES string of the molecule is COc1ccc(C2=NNN([O-])CC2C)cc1. The van der Waals surface area contributed by atoms with Crippen LogP contribution in [0.4, 0.5) is 0 Å². The van der Waals surface area contributed by atoms with Crippen molar-refractivity contribution >= 4 is 5.71 Å². The number of ether oxygens (including phenoxy) is 1. The van der Waals surface area contributed by atoms with Gasteiger partial charge in [-0.1, -0.05) is 6.92 Å². The Bertz CT molecular complexity index is 389. The van der Waals surface area contributed by atoms with Crippen LogP contribution >= 0.6 is 0 Å². The minimum atomic E-state index is 0.118. The minimum absolute atomic E-state index is 0.118. The highest BCUT2D eigenvalue weighted by molar-refractivity contribution is 6.02. The molecule has 86 valence electrons. The number of hydrogen-bond donors (Lipinski definition) is 1. The number of hydrogen-bond acceptors (Lipinski definition) is 5. The molecule has 0 fully saturated rings. The third kappa shape index (κ3) is 2.15. The average Bonchev–Trinajstić information content (AvgIpc) is 2.29. The number of rotatable bonds is 2. The molecule has 1 aliphatic heterocycles. The second kappa shape index (κ2) is 4.51. The third-order valence-corrected chi connectivity index (χ3v) is 2.57. The van der Waals surface area contributed by atoms with Crippen LogP contribution in [0.15, 0.2) is 29.4 Å². The first-order valence-electron chi connectivity index (χ1n) is 5.13. The van der Waals surface area contributed by atoms with Gasteiger partial charge in [-0.25, -0.2) is 0 Å². The Labute approximate surface area is 94.3 Å². The Morgan fingerprint density at radius 2 is 2.12 bits per heavy atom. The predicted molar refractivity (Wildman–Crippen MR) is 61.9 cm³/mol. The van der Waals surface area contributed by atoms with Gasteiger partial charge < -0.3 is 9.94 Å². The first kappa shape index (κ1) is 10.9. The highest BCUT2D eigenvalue weighted by Crippen LogP contribution is 2.17. The van der Waals surface area contributed by atoms with Gasteiger partial charge in [0.05, 0.1) is 12.8 Å². The summed E-state index contributed by atoms with van der Waals surface area (Å²) in [5.74, 6) is 0.929. The van der Waals surface area contributed by atoms with Crippen molar-refractivity contribution in [2.24, 2.45) is 11.0 Å². The Kier molecular flexibility index (Phi) is 3.07. The van der Waals surface area contributed by atoms with E-state index in [2.05, 4.69) is 10.6 Å². The minimum Gasteiger partial charge on any atom is -0.766 e. The Morgan fingerprint density at radius 1 is 1.44 bits per heavy atom. The van der Waals surface area contributed by atoms with Crippen LogP contribution in [-0.2, 0) is 0 Å². The molecule has 0 saturated carbocycles. The van der Waals surface area contributed by atoms with Crippen molar-refractivity contribution < 1.29 is 4.74 Å².